The van der Waals surface area contributed by atoms with Crippen LogP contribution < -0.4 is 14.8 Å². The summed E-state index contributed by atoms with van der Waals surface area (Å²) in [6.45, 7) is 3.58. The Kier molecular flexibility index (Phi) is 5.98. The van der Waals surface area contributed by atoms with Crippen molar-refractivity contribution in [2.24, 2.45) is 0 Å². The van der Waals surface area contributed by atoms with Crippen molar-refractivity contribution in [3.05, 3.63) is 24.3 Å². The van der Waals surface area contributed by atoms with E-state index in [-0.39, 0.29) is 0 Å². The maximum atomic E-state index is 5.65. The van der Waals surface area contributed by atoms with E-state index in [1.165, 1.54) is 12.8 Å². The molecule has 0 bridgehead atoms. The molecule has 2 rings (SSSR count). The Bertz CT molecular complexity index is 347. The van der Waals surface area contributed by atoms with Crippen molar-refractivity contribution in [2.75, 3.05) is 33.4 Å². The number of nitrogens with one attached hydrogen (secondary N) is 1. The van der Waals surface area contributed by atoms with Gasteiger partial charge in [0.25, 0.3) is 0 Å². The van der Waals surface area contributed by atoms with Gasteiger partial charge in [0, 0.05) is 13.2 Å². The van der Waals surface area contributed by atoms with Gasteiger partial charge in [0.15, 0.2) is 0 Å². The molecule has 1 saturated heterocycles. The first-order chi connectivity index (χ1) is 9.38. The summed E-state index contributed by atoms with van der Waals surface area (Å²) in [6, 6.07) is 7.67. The van der Waals surface area contributed by atoms with Crippen LogP contribution in [0.15, 0.2) is 24.3 Å². The van der Waals surface area contributed by atoms with Gasteiger partial charge in [-0.15, -0.1) is 0 Å². The normalized spacial score (nSPS) is 18.5. The molecule has 0 spiro atoms. The number of benzene rings is 1. The molecule has 19 heavy (non-hydrogen) atoms. The van der Waals surface area contributed by atoms with Gasteiger partial charge in [-0.05, 0) is 50.1 Å². The molecule has 0 radical (unpaired) electrons. The molecule has 1 aliphatic heterocycles. The average molecular weight is 265 g/mol. The zero-order valence-corrected chi connectivity index (χ0v) is 11.6. The molecule has 1 fully saturated rings. The fourth-order valence-electron chi connectivity index (χ4n) is 2.13. The highest BCUT2D eigenvalue weighted by Crippen LogP contribution is 2.17. The third-order valence-electron chi connectivity index (χ3n) is 3.22. The third-order valence-corrected chi connectivity index (χ3v) is 3.22. The van der Waals surface area contributed by atoms with Gasteiger partial charge in [-0.3, -0.25) is 0 Å². The molecule has 0 saturated carbocycles. The SMILES string of the molecule is COc1ccc(OCCCNCC2CCCO2)cc1. The summed E-state index contributed by atoms with van der Waals surface area (Å²) >= 11 is 0. The number of rotatable bonds is 8. The Morgan fingerprint density at radius 3 is 2.74 bits per heavy atom. The van der Waals surface area contributed by atoms with Crippen molar-refractivity contribution in [2.45, 2.75) is 25.4 Å². The highest BCUT2D eigenvalue weighted by atomic mass is 16.5. The Balaban J connectivity index is 1.51. The summed E-state index contributed by atoms with van der Waals surface area (Å²) < 4.78 is 16.3. The van der Waals surface area contributed by atoms with Gasteiger partial charge >= 0.3 is 0 Å². The van der Waals surface area contributed by atoms with Crippen molar-refractivity contribution >= 4 is 0 Å². The monoisotopic (exact) mass is 265 g/mol. The summed E-state index contributed by atoms with van der Waals surface area (Å²) in [5, 5.41) is 3.41. The van der Waals surface area contributed by atoms with Crippen LogP contribution in [0.3, 0.4) is 0 Å². The van der Waals surface area contributed by atoms with Gasteiger partial charge in [0.2, 0.25) is 0 Å². The second kappa shape index (κ2) is 8.02. The summed E-state index contributed by atoms with van der Waals surface area (Å²) in [4.78, 5) is 0. The molecule has 106 valence electrons. The van der Waals surface area contributed by atoms with E-state index >= 15 is 0 Å². The van der Waals surface area contributed by atoms with Gasteiger partial charge < -0.3 is 19.5 Å². The van der Waals surface area contributed by atoms with Crippen molar-refractivity contribution < 1.29 is 14.2 Å². The van der Waals surface area contributed by atoms with Gasteiger partial charge in [0.1, 0.15) is 11.5 Å². The Hall–Kier alpha value is -1.26. The molecule has 4 nitrogen and oxygen atoms in total. The lowest BCUT2D eigenvalue weighted by Crippen LogP contribution is -2.27. The zero-order valence-electron chi connectivity index (χ0n) is 11.6. The highest BCUT2D eigenvalue weighted by Gasteiger charge is 2.13. The van der Waals surface area contributed by atoms with Crippen molar-refractivity contribution in [1.82, 2.24) is 5.32 Å². The van der Waals surface area contributed by atoms with Crippen LogP contribution in [0.5, 0.6) is 11.5 Å². The van der Waals surface area contributed by atoms with Crippen LogP contribution in [0.1, 0.15) is 19.3 Å². The smallest absolute Gasteiger partial charge is 0.119 e. The molecule has 0 aromatic heterocycles. The molecule has 1 N–H and O–H groups in total. The summed E-state index contributed by atoms with van der Waals surface area (Å²) in [5.41, 5.74) is 0. The summed E-state index contributed by atoms with van der Waals surface area (Å²) in [6.07, 6.45) is 3.81. The maximum Gasteiger partial charge on any atom is 0.119 e. The first kappa shape index (κ1) is 14.2. The first-order valence-electron chi connectivity index (χ1n) is 6.97. The highest BCUT2D eigenvalue weighted by molar-refractivity contribution is 5.31. The van der Waals surface area contributed by atoms with Crippen LogP contribution in [0.2, 0.25) is 0 Å². The van der Waals surface area contributed by atoms with E-state index in [1.807, 2.05) is 24.3 Å². The fourth-order valence-corrected chi connectivity index (χ4v) is 2.13. The predicted molar refractivity (Wildman–Crippen MR) is 74.9 cm³/mol. The van der Waals surface area contributed by atoms with Crippen LogP contribution in [0, 0.1) is 0 Å². The Labute approximate surface area is 115 Å². The number of ether oxygens (including phenoxy) is 3. The van der Waals surface area contributed by atoms with Crippen LogP contribution in [0.25, 0.3) is 0 Å². The van der Waals surface area contributed by atoms with Crippen LogP contribution in [0.4, 0.5) is 0 Å². The Morgan fingerprint density at radius 2 is 2.05 bits per heavy atom. The summed E-state index contributed by atoms with van der Waals surface area (Å²) in [5.74, 6) is 1.74. The van der Waals surface area contributed by atoms with Crippen molar-refractivity contribution in [3.63, 3.8) is 0 Å². The molecule has 1 aliphatic rings. The average Bonchev–Trinajstić information content (AvgIpc) is 2.96. The van der Waals surface area contributed by atoms with E-state index < -0.39 is 0 Å². The Morgan fingerprint density at radius 1 is 1.26 bits per heavy atom. The van der Waals surface area contributed by atoms with Gasteiger partial charge in [-0.2, -0.15) is 0 Å². The van der Waals surface area contributed by atoms with E-state index in [4.69, 9.17) is 14.2 Å². The third kappa shape index (κ3) is 5.09. The van der Waals surface area contributed by atoms with Crippen LogP contribution >= 0.6 is 0 Å². The summed E-state index contributed by atoms with van der Waals surface area (Å²) in [7, 11) is 1.66. The van der Waals surface area contributed by atoms with Gasteiger partial charge in [0.05, 0.1) is 19.8 Å². The fraction of sp³-hybridized carbons (Fsp3) is 0.600. The number of methoxy groups -OCH3 is 1. The lowest BCUT2D eigenvalue weighted by atomic mass is 10.2. The number of hydrogen-bond acceptors (Lipinski definition) is 4. The van der Waals surface area contributed by atoms with Crippen LogP contribution in [-0.4, -0.2) is 39.5 Å². The minimum atomic E-state index is 0.419. The van der Waals surface area contributed by atoms with E-state index in [9.17, 15) is 0 Å². The maximum absolute atomic E-state index is 5.65. The van der Waals surface area contributed by atoms with Gasteiger partial charge in [-0.1, -0.05) is 0 Å². The largest absolute Gasteiger partial charge is 0.497 e. The van der Waals surface area contributed by atoms with Crippen molar-refractivity contribution in [1.29, 1.82) is 0 Å². The lowest BCUT2D eigenvalue weighted by Gasteiger charge is -2.11. The molecule has 1 heterocycles. The molecule has 4 heteroatoms. The number of hydrogen-bond donors (Lipinski definition) is 1. The zero-order chi connectivity index (χ0) is 13.3. The minimum Gasteiger partial charge on any atom is -0.497 e. The molecule has 1 atom stereocenters. The van der Waals surface area contributed by atoms with Crippen molar-refractivity contribution in [3.8, 4) is 11.5 Å². The predicted octanol–water partition coefficient (Wildman–Crippen LogP) is 2.23. The molecule has 1 aromatic carbocycles. The first-order valence-corrected chi connectivity index (χ1v) is 6.97. The molecule has 0 aliphatic carbocycles. The quantitative estimate of drug-likeness (QED) is 0.732. The molecule has 1 unspecified atom stereocenters. The van der Waals surface area contributed by atoms with Gasteiger partial charge in [-0.25, -0.2) is 0 Å². The van der Waals surface area contributed by atoms with E-state index in [0.717, 1.165) is 44.2 Å². The second-order valence-electron chi connectivity index (χ2n) is 4.72. The van der Waals surface area contributed by atoms with Crippen LogP contribution in [-0.2, 0) is 4.74 Å². The molecular formula is C15H23NO3. The topological polar surface area (TPSA) is 39.7 Å². The molecular weight excluding hydrogens is 242 g/mol. The standard InChI is InChI=1S/C15H23NO3/c1-17-13-5-7-14(8-6-13)18-11-3-9-16-12-15-4-2-10-19-15/h5-8,15-16H,2-4,9-12H2,1H3. The minimum absolute atomic E-state index is 0.419. The molecule has 1 aromatic rings. The van der Waals surface area contributed by atoms with E-state index in [0.29, 0.717) is 6.10 Å². The lowest BCUT2D eigenvalue weighted by molar-refractivity contribution is 0.110. The molecule has 0 amide bonds. The van der Waals surface area contributed by atoms with E-state index in [1.54, 1.807) is 7.11 Å². The second-order valence-corrected chi connectivity index (χ2v) is 4.72. The van der Waals surface area contributed by atoms with E-state index in [2.05, 4.69) is 5.32 Å².